The molecule has 1 amide bonds. The molecule has 0 heterocycles. The third kappa shape index (κ3) is 61.3. The molecule has 0 rings (SSSR count). The zero-order chi connectivity index (χ0) is 58.6. The summed E-state index contributed by atoms with van der Waals surface area (Å²) in [5, 5.41) is 3.08. The molecule has 0 aromatic heterocycles. The predicted molar refractivity (Wildman–Crippen MR) is 347 cm³/mol. The van der Waals surface area contributed by atoms with Crippen molar-refractivity contribution in [3.8, 4) is 0 Å². The van der Waals surface area contributed by atoms with Crippen LogP contribution in [0.5, 0.6) is 0 Å². The van der Waals surface area contributed by atoms with Gasteiger partial charge >= 0.3 is 13.8 Å². The van der Waals surface area contributed by atoms with E-state index < -0.39 is 20.0 Å². The molecule has 0 aromatic rings. The molecule has 476 valence electrons. The third-order valence-corrected chi connectivity index (χ3v) is 17.5. The summed E-state index contributed by atoms with van der Waals surface area (Å²) in [5.74, 6) is -0.479. The number of nitrogens with zero attached hydrogens (tertiary/aromatic N) is 1. The number of hydrogen-bond acceptors (Lipinski definition) is 6. The Bertz CT molecular complexity index is 1370. The SMILES string of the molecule is CCCCCCCCCCCC/C=C\C(OC(=O)CCCCCCCCCCCCCCCCC)C(COP(=O)(O)OCC[N+](C)(C)C)NC(=O)CCCCCCCCCCCCCCCCCCCCCCCCCCCCC. The lowest BCUT2D eigenvalue weighted by molar-refractivity contribution is -0.870. The van der Waals surface area contributed by atoms with E-state index in [4.69, 9.17) is 13.8 Å². The first-order valence-electron chi connectivity index (χ1n) is 35.5. The Labute approximate surface area is 499 Å². The van der Waals surface area contributed by atoms with Crippen LogP contribution < -0.4 is 5.32 Å². The Morgan fingerprint density at radius 3 is 1.02 bits per heavy atom. The first kappa shape index (κ1) is 78.8. The quantitative estimate of drug-likeness (QED) is 0.0205. The van der Waals surface area contributed by atoms with E-state index in [1.54, 1.807) is 0 Å². The van der Waals surface area contributed by atoms with Gasteiger partial charge in [0.1, 0.15) is 19.3 Å². The number of carbonyl (C=O) groups is 2. The van der Waals surface area contributed by atoms with E-state index in [9.17, 15) is 19.0 Å². The average Bonchev–Trinajstić information content (AvgIpc) is 3.42. The number of ether oxygens (including phenoxy) is 1. The minimum atomic E-state index is -4.44. The summed E-state index contributed by atoms with van der Waals surface area (Å²) < 4.78 is 30.8. The largest absolute Gasteiger partial charge is 0.472 e. The van der Waals surface area contributed by atoms with Crippen LogP contribution in [0.15, 0.2) is 12.2 Å². The number of phosphoric ester groups is 1. The Morgan fingerprint density at radius 1 is 0.425 bits per heavy atom. The lowest BCUT2D eigenvalue weighted by Gasteiger charge is -2.27. The van der Waals surface area contributed by atoms with Gasteiger partial charge in [0, 0.05) is 12.8 Å². The highest BCUT2D eigenvalue weighted by Crippen LogP contribution is 2.43. The molecule has 0 fully saturated rings. The van der Waals surface area contributed by atoms with E-state index in [0.29, 0.717) is 23.9 Å². The maximum Gasteiger partial charge on any atom is 0.472 e. The van der Waals surface area contributed by atoms with Gasteiger partial charge in [-0.3, -0.25) is 18.6 Å². The van der Waals surface area contributed by atoms with E-state index in [0.717, 1.165) is 57.8 Å². The second kappa shape index (κ2) is 60.9. The number of esters is 1. The Kier molecular flexibility index (Phi) is 59.9. The number of phosphoric acid groups is 1. The van der Waals surface area contributed by atoms with Gasteiger partial charge in [0.2, 0.25) is 5.91 Å². The lowest BCUT2D eigenvalue weighted by Crippen LogP contribution is -2.47. The van der Waals surface area contributed by atoms with Gasteiger partial charge in [-0.15, -0.1) is 0 Å². The summed E-state index contributed by atoms with van der Waals surface area (Å²) in [6.45, 7) is 7.09. The van der Waals surface area contributed by atoms with E-state index in [-0.39, 0.29) is 25.1 Å². The summed E-state index contributed by atoms with van der Waals surface area (Å²) in [6, 6.07) is -0.840. The molecule has 0 aromatic carbocycles. The van der Waals surface area contributed by atoms with Gasteiger partial charge in [0.15, 0.2) is 0 Å². The van der Waals surface area contributed by atoms with E-state index in [2.05, 4.69) is 26.1 Å². The molecule has 2 N–H and O–H groups in total. The number of likely N-dealkylation sites (N-methyl/N-ethyl adjacent to an activating group) is 1. The number of amides is 1. The van der Waals surface area contributed by atoms with Crippen LogP contribution in [0.25, 0.3) is 0 Å². The first-order chi connectivity index (χ1) is 38.9. The molecule has 3 unspecified atom stereocenters. The highest BCUT2D eigenvalue weighted by Gasteiger charge is 2.30. The van der Waals surface area contributed by atoms with E-state index in [1.165, 1.54) is 283 Å². The Hall–Kier alpha value is -1.25. The lowest BCUT2D eigenvalue weighted by atomic mass is 10.0. The average molecular weight is 1150 g/mol. The highest BCUT2D eigenvalue weighted by molar-refractivity contribution is 7.47. The van der Waals surface area contributed by atoms with Crippen molar-refractivity contribution in [3.05, 3.63) is 12.2 Å². The molecule has 3 atom stereocenters. The predicted octanol–water partition coefficient (Wildman–Crippen LogP) is 22.3. The van der Waals surface area contributed by atoms with Crippen molar-refractivity contribution in [2.45, 2.75) is 386 Å². The fourth-order valence-electron chi connectivity index (χ4n) is 11.0. The van der Waals surface area contributed by atoms with Crippen LogP contribution in [-0.2, 0) is 27.9 Å². The molecule has 10 heteroatoms. The molecule has 0 aliphatic rings. The topological polar surface area (TPSA) is 111 Å². The summed E-state index contributed by atoms with van der Waals surface area (Å²) in [4.78, 5) is 37.8. The van der Waals surface area contributed by atoms with Crippen LogP contribution in [0.1, 0.15) is 374 Å². The number of quaternary nitrogens is 1. The maximum absolute atomic E-state index is 13.6. The number of hydrogen-bond donors (Lipinski definition) is 2. The molecular formula is C70H140N2O7P+. The second-order valence-corrected chi connectivity index (χ2v) is 27.2. The number of allylic oxidation sites excluding steroid dienone is 1. The standard InChI is InChI=1S/C70H139N2O7P/c1-7-10-13-16-19-22-25-28-30-31-32-33-34-35-36-37-38-39-40-41-43-44-47-50-53-56-59-62-69(73)71-67(66-78-80(75,76)77-65-64-72(4,5)6)68(61-58-55-52-49-46-27-24-21-18-15-12-9-3)79-70(74)63-60-57-54-51-48-45-42-29-26-23-20-17-14-11-8-2/h58,61,67-68H,7-57,59-60,62-66H2,1-6H3,(H-,71,73,75,76)/p+1/b61-58-. The highest BCUT2D eigenvalue weighted by atomic mass is 31.2. The van der Waals surface area contributed by atoms with Crippen LogP contribution in [0.2, 0.25) is 0 Å². The van der Waals surface area contributed by atoms with Crippen LogP contribution >= 0.6 is 7.82 Å². The van der Waals surface area contributed by atoms with Crippen molar-refractivity contribution in [3.63, 3.8) is 0 Å². The fraction of sp³-hybridized carbons (Fsp3) is 0.943. The normalized spacial score (nSPS) is 13.5. The molecule has 0 aliphatic heterocycles. The number of rotatable bonds is 66. The van der Waals surface area contributed by atoms with Gasteiger partial charge in [-0.2, -0.15) is 0 Å². The Morgan fingerprint density at radius 2 is 0.713 bits per heavy atom. The smallest absolute Gasteiger partial charge is 0.456 e. The van der Waals surface area contributed by atoms with Gasteiger partial charge < -0.3 is 19.4 Å². The van der Waals surface area contributed by atoms with Crippen molar-refractivity contribution in [1.29, 1.82) is 0 Å². The van der Waals surface area contributed by atoms with Crippen molar-refractivity contribution in [2.24, 2.45) is 0 Å². The number of carbonyl (C=O) groups excluding carboxylic acids is 2. The molecule has 9 nitrogen and oxygen atoms in total. The summed E-state index contributed by atoms with van der Waals surface area (Å²) in [5.41, 5.74) is 0. The van der Waals surface area contributed by atoms with Crippen molar-refractivity contribution >= 4 is 19.7 Å². The molecule has 0 aliphatic carbocycles. The molecule has 0 spiro atoms. The van der Waals surface area contributed by atoms with E-state index in [1.807, 2.05) is 33.3 Å². The Balaban J connectivity index is 4.93. The fourth-order valence-corrected chi connectivity index (χ4v) is 11.7. The summed E-state index contributed by atoms with van der Waals surface area (Å²) >= 11 is 0. The van der Waals surface area contributed by atoms with Crippen molar-refractivity contribution < 1.29 is 37.3 Å². The summed E-state index contributed by atoms with van der Waals surface area (Å²) in [7, 11) is 1.52. The summed E-state index contributed by atoms with van der Waals surface area (Å²) in [6.07, 6.45) is 72.3. The monoisotopic (exact) mass is 1150 g/mol. The number of nitrogens with one attached hydrogen (secondary N) is 1. The molecular weight excluding hydrogens is 1010 g/mol. The van der Waals surface area contributed by atoms with E-state index >= 15 is 0 Å². The minimum absolute atomic E-state index is 0.0460. The van der Waals surface area contributed by atoms with Crippen LogP contribution in [0.4, 0.5) is 0 Å². The van der Waals surface area contributed by atoms with Crippen LogP contribution in [-0.4, -0.2) is 74.3 Å². The molecule has 0 saturated heterocycles. The molecule has 0 radical (unpaired) electrons. The zero-order valence-electron chi connectivity index (χ0n) is 54.6. The maximum atomic E-state index is 13.6. The van der Waals surface area contributed by atoms with Gasteiger partial charge in [-0.25, -0.2) is 4.57 Å². The van der Waals surface area contributed by atoms with Crippen LogP contribution in [0, 0.1) is 0 Å². The van der Waals surface area contributed by atoms with Crippen molar-refractivity contribution in [2.75, 3.05) is 40.9 Å². The minimum Gasteiger partial charge on any atom is -0.456 e. The molecule has 80 heavy (non-hydrogen) atoms. The first-order valence-corrected chi connectivity index (χ1v) is 37.0. The molecule has 0 bridgehead atoms. The second-order valence-electron chi connectivity index (χ2n) is 25.8. The van der Waals surface area contributed by atoms with Crippen LogP contribution in [0.3, 0.4) is 0 Å². The van der Waals surface area contributed by atoms with Gasteiger partial charge in [-0.1, -0.05) is 341 Å². The molecule has 0 saturated carbocycles. The zero-order valence-corrected chi connectivity index (χ0v) is 55.5. The number of unbranched alkanes of at least 4 members (excludes halogenated alkanes) is 50. The van der Waals surface area contributed by atoms with Crippen molar-refractivity contribution in [1.82, 2.24) is 5.32 Å². The van der Waals surface area contributed by atoms with Gasteiger partial charge in [0.25, 0.3) is 0 Å². The van der Waals surface area contributed by atoms with Gasteiger partial charge in [0.05, 0.1) is 33.8 Å². The third-order valence-electron chi connectivity index (χ3n) is 16.5. The van der Waals surface area contributed by atoms with Gasteiger partial charge in [-0.05, 0) is 31.8 Å².